The third-order valence-corrected chi connectivity index (χ3v) is 2.92. The maximum absolute atomic E-state index is 11.7. The third-order valence-electron chi connectivity index (χ3n) is 2.31. The van der Waals surface area contributed by atoms with Gasteiger partial charge < -0.3 is 10.4 Å². The molecule has 1 heterocycles. The van der Waals surface area contributed by atoms with E-state index in [0.29, 0.717) is 5.13 Å². The van der Waals surface area contributed by atoms with Crippen molar-refractivity contribution in [2.24, 2.45) is 5.41 Å². The normalized spacial score (nSPS) is 12.8. The Hall–Kier alpha value is -1.70. The second-order valence-electron chi connectivity index (χ2n) is 4.86. The van der Waals surface area contributed by atoms with Gasteiger partial charge in [-0.15, -0.1) is 10.2 Å². The number of aromatic nitrogens is 2. The summed E-state index contributed by atoms with van der Waals surface area (Å²) in [6.45, 7) is 5.60. The van der Waals surface area contributed by atoms with Crippen molar-refractivity contribution in [2.75, 3.05) is 5.32 Å². The summed E-state index contributed by atoms with van der Waals surface area (Å²) < 4.78 is 0. The van der Waals surface area contributed by atoms with Crippen molar-refractivity contribution in [3.05, 3.63) is 5.51 Å². The SMILES string of the molecule is CC(C)(C)C(CC(=O)O)NC(=O)Nc1nncs1. The Morgan fingerprint density at radius 3 is 2.61 bits per heavy atom. The Morgan fingerprint density at radius 1 is 1.50 bits per heavy atom. The van der Waals surface area contributed by atoms with Gasteiger partial charge in [0.2, 0.25) is 5.13 Å². The highest BCUT2D eigenvalue weighted by Gasteiger charge is 2.28. The molecular formula is C10H16N4O3S. The number of anilines is 1. The summed E-state index contributed by atoms with van der Waals surface area (Å²) in [6.07, 6.45) is -0.132. The molecule has 0 aliphatic rings. The van der Waals surface area contributed by atoms with E-state index < -0.39 is 18.0 Å². The van der Waals surface area contributed by atoms with Crippen LogP contribution >= 0.6 is 11.3 Å². The molecule has 0 saturated heterocycles. The van der Waals surface area contributed by atoms with Crippen molar-refractivity contribution in [1.29, 1.82) is 0 Å². The number of carbonyl (C=O) groups is 2. The number of urea groups is 1. The predicted molar refractivity (Wildman–Crippen MR) is 67.6 cm³/mol. The van der Waals surface area contributed by atoms with Crippen molar-refractivity contribution in [3.63, 3.8) is 0 Å². The third kappa shape index (κ3) is 4.66. The van der Waals surface area contributed by atoms with E-state index in [1.54, 1.807) is 0 Å². The fraction of sp³-hybridized carbons (Fsp3) is 0.600. The number of hydrogen-bond acceptors (Lipinski definition) is 5. The molecule has 1 aromatic rings. The monoisotopic (exact) mass is 272 g/mol. The van der Waals surface area contributed by atoms with E-state index in [9.17, 15) is 9.59 Å². The molecule has 1 unspecified atom stereocenters. The summed E-state index contributed by atoms with van der Waals surface area (Å²) >= 11 is 1.19. The van der Waals surface area contributed by atoms with Crippen LogP contribution in [0.2, 0.25) is 0 Å². The van der Waals surface area contributed by atoms with E-state index in [-0.39, 0.29) is 11.8 Å². The van der Waals surface area contributed by atoms with Gasteiger partial charge in [0, 0.05) is 6.04 Å². The summed E-state index contributed by atoms with van der Waals surface area (Å²) in [6, 6.07) is -0.948. The number of amides is 2. The summed E-state index contributed by atoms with van der Waals surface area (Å²) in [5.74, 6) is -0.953. The lowest BCUT2D eigenvalue weighted by Gasteiger charge is -2.30. The van der Waals surface area contributed by atoms with Crippen molar-refractivity contribution < 1.29 is 14.7 Å². The van der Waals surface area contributed by atoms with Gasteiger partial charge in [-0.05, 0) is 5.41 Å². The Bertz CT molecular complexity index is 413. The zero-order valence-electron chi connectivity index (χ0n) is 10.4. The van der Waals surface area contributed by atoms with E-state index in [2.05, 4.69) is 20.8 Å². The van der Waals surface area contributed by atoms with Gasteiger partial charge in [0.25, 0.3) is 0 Å². The minimum Gasteiger partial charge on any atom is -0.481 e. The number of nitrogens with zero attached hydrogens (tertiary/aromatic N) is 2. The molecule has 0 aliphatic carbocycles. The first kappa shape index (κ1) is 14.4. The summed E-state index contributed by atoms with van der Waals surface area (Å²) in [7, 11) is 0. The standard InChI is InChI=1S/C10H16N4O3S/c1-10(2,3)6(4-7(15)16)12-8(17)13-9-14-11-5-18-9/h5-6H,4H2,1-3H3,(H,15,16)(H2,12,13,14,17). The van der Waals surface area contributed by atoms with E-state index in [0.717, 1.165) is 0 Å². The number of carboxylic acid groups (broad SMARTS) is 1. The van der Waals surface area contributed by atoms with Gasteiger partial charge in [0.05, 0.1) is 6.42 Å². The minimum absolute atomic E-state index is 0.132. The number of aliphatic carboxylic acids is 1. The molecule has 2 amide bonds. The number of nitrogens with one attached hydrogen (secondary N) is 2. The highest BCUT2D eigenvalue weighted by Crippen LogP contribution is 2.22. The topological polar surface area (TPSA) is 104 Å². The van der Waals surface area contributed by atoms with E-state index in [1.165, 1.54) is 16.8 Å². The molecule has 0 spiro atoms. The van der Waals surface area contributed by atoms with Gasteiger partial charge in [-0.3, -0.25) is 10.1 Å². The van der Waals surface area contributed by atoms with Gasteiger partial charge in [0.15, 0.2) is 0 Å². The Labute approximate surface area is 109 Å². The molecule has 1 aromatic heterocycles. The average Bonchev–Trinajstić information content (AvgIpc) is 2.67. The van der Waals surface area contributed by atoms with Gasteiger partial charge in [0.1, 0.15) is 5.51 Å². The van der Waals surface area contributed by atoms with Crippen LogP contribution in [0.15, 0.2) is 5.51 Å². The van der Waals surface area contributed by atoms with Crippen LogP contribution in [-0.4, -0.2) is 33.3 Å². The molecule has 100 valence electrons. The summed E-state index contributed by atoms with van der Waals surface area (Å²) in [5.41, 5.74) is 1.14. The molecule has 0 bridgehead atoms. The van der Waals surface area contributed by atoms with Gasteiger partial charge in [-0.1, -0.05) is 32.1 Å². The lowest BCUT2D eigenvalue weighted by molar-refractivity contribution is -0.138. The van der Waals surface area contributed by atoms with Crippen LogP contribution in [0.4, 0.5) is 9.93 Å². The van der Waals surface area contributed by atoms with Crippen molar-refractivity contribution >= 4 is 28.5 Å². The van der Waals surface area contributed by atoms with Crippen molar-refractivity contribution in [1.82, 2.24) is 15.5 Å². The van der Waals surface area contributed by atoms with Crippen LogP contribution in [0.5, 0.6) is 0 Å². The number of hydrogen-bond donors (Lipinski definition) is 3. The molecule has 0 saturated carbocycles. The molecule has 1 rings (SSSR count). The highest BCUT2D eigenvalue weighted by atomic mass is 32.1. The molecule has 0 aliphatic heterocycles. The second kappa shape index (κ2) is 5.76. The quantitative estimate of drug-likeness (QED) is 0.771. The molecule has 8 heteroatoms. The largest absolute Gasteiger partial charge is 0.481 e. The number of carbonyl (C=O) groups excluding carboxylic acids is 1. The Morgan fingerprint density at radius 2 is 2.17 bits per heavy atom. The molecule has 18 heavy (non-hydrogen) atoms. The predicted octanol–water partition coefficient (Wildman–Crippen LogP) is 1.55. The van der Waals surface area contributed by atoms with E-state index >= 15 is 0 Å². The molecule has 7 nitrogen and oxygen atoms in total. The Kier molecular flexibility index (Phi) is 4.60. The average molecular weight is 272 g/mol. The molecule has 0 fully saturated rings. The molecule has 3 N–H and O–H groups in total. The molecule has 0 radical (unpaired) electrons. The first-order chi connectivity index (χ1) is 8.29. The van der Waals surface area contributed by atoms with Crippen LogP contribution in [0, 0.1) is 5.41 Å². The van der Waals surface area contributed by atoms with Crippen LogP contribution in [0.3, 0.4) is 0 Å². The van der Waals surface area contributed by atoms with Crippen molar-refractivity contribution in [2.45, 2.75) is 33.2 Å². The Balaban J connectivity index is 2.60. The summed E-state index contributed by atoms with van der Waals surface area (Å²) in [4.78, 5) is 22.4. The number of carboxylic acids is 1. The zero-order valence-corrected chi connectivity index (χ0v) is 11.2. The van der Waals surface area contributed by atoms with Gasteiger partial charge in [-0.25, -0.2) is 4.79 Å². The molecule has 1 atom stereocenters. The zero-order chi connectivity index (χ0) is 13.8. The first-order valence-corrected chi connectivity index (χ1v) is 6.22. The highest BCUT2D eigenvalue weighted by molar-refractivity contribution is 7.13. The first-order valence-electron chi connectivity index (χ1n) is 5.34. The van der Waals surface area contributed by atoms with Crippen LogP contribution in [-0.2, 0) is 4.79 Å². The van der Waals surface area contributed by atoms with Crippen LogP contribution in [0.25, 0.3) is 0 Å². The summed E-state index contributed by atoms with van der Waals surface area (Å²) in [5, 5.41) is 21.6. The lowest BCUT2D eigenvalue weighted by atomic mass is 9.85. The maximum Gasteiger partial charge on any atom is 0.321 e. The van der Waals surface area contributed by atoms with Gasteiger partial charge in [-0.2, -0.15) is 0 Å². The lowest BCUT2D eigenvalue weighted by Crippen LogP contribution is -2.46. The van der Waals surface area contributed by atoms with E-state index in [4.69, 9.17) is 5.11 Å². The maximum atomic E-state index is 11.7. The fourth-order valence-electron chi connectivity index (χ4n) is 1.27. The number of rotatable bonds is 4. The fourth-order valence-corrected chi connectivity index (χ4v) is 1.71. The van der Waals surface area contributed by atoms with Crippen LogP contribution in [0.1, 0.15) is 27.2 Å². The van der Waals surface area contributed by atoms with Crippen LogP contribution < -0.4 is 10.6 Å². The smallest absolute Gasteiger partial charge is 0.321 e. The minimum atomic E-state index is -0.953. The van der Waals surface area contributed by atoms with Gasteiger partial charge >= 0.3 is 12.0 Å². The van der Waals surface area contributed by atoms with Crippen molar-refractivity contribution in [3.8, 4) is 0 Å². The molecule has 0 aromatic carbocycles. The van der Waals surface area contributed by atoms with E-state index in [1.807, 2.05) is 20.8 Å². The second-order valence-corrected chi connectivity index (χ2v) is 5.69. The molecular weight excluding hydrogens is 256 g/mol.